The maximum absolute atomic E-state index is 5.87. The molecular formula is C13H17NOS. The van der Waals surface area contributed by atoms with Gasteiger partial charge in [-0.1, -0.05) is 18.2 Å². The molecule has 0 saturated carbocycles. The Hall–Kier alpha value is -0.900. The van der Waals surface area contributed by atoms with E-state index >= 15 is 0 Å². The van der Waals surface area contributed by atoms with Crippen molar-refractivity contribution in [3.05, 3.63) is 35.2 Å². The van der Waals surface area contributed by atoms with Crippen molar-refractivity contribution in [2.45, 2.75) is 26.0 Å². The van der Waals surface area contributed by atoms with Crippen LogP contribution in [0.4, 0.5) is 0 Å². The Morgan fingerprint density at radius 3 is 2.81 bits per heavy atom. The summed E-state index contributed by atoms with van der Waals surface area (Å²) in [6, 6.07) is 8.40. The maximum Gasteiger partial charge on any atom is 0.0731 e. The first-order chi connectivity index (χ1) is 7.56. The van der Waals surface area contributed by atoms with Crippen molar-refractivity contribution in [2.75, 3.05) is 6.61 Å². The third-order valence-corrected chi connectivity index (χ3v) is 3.31. The Morgan fingerprint density at radius 1 is 1.31 bits per heavy atom. The molecule has 0 atom stereocenters. The zero-order valence-corrected chi connectivity index (χ0v) is 10.5. The highest BCUT2D eigenvalue weighted by Crippen LogP contribution is 2.26. The van der Waals surface area contributed by atoms with Crippen LogP contribution in [0.2, 0.25) is 0 Å². The Bertz CT molecular complexity index is 470. The van der Waals surface area contributed by atoms with Crippen LogP contribution in [-0.4, -0.2) is 12.1 Å². The molecule has 1 heterocycles. The van der Waals surface area contributed by atoms with Gasteiger partial charge in [0.15, 0.2) is 0 Å². The van der Waals surface area contributed by atoms with Crippen LogP contribution in [0.25, 0.3) is 10.1 Å². The Morgan fingerprint density at radius 2 is 2.06 bits per heavy atom. The molecule has 86 valence electrons. The molecule has 2 aromatic rings. The van der Waals surface area contributed by atoms with Crippen molar-refractivity contribution >= 4 is 21.4 Å². The third kappa shape index (κ3) is 2.82. The summed E-state index contributed by atoms with van der Waals surface area (Å²) in [5, 5.41) is 3.45. The highest BCUT2D eigenvalue weighted by Gasteiger charge is 2.11. The summed E-state index contributed by atoms with van der Waals surface area (Å²) < 4.78 is 6.95. The van der Waals surface area contributed by atoms with Gasteiger partial charge < -0.3 is 10.5 Å². The van der Waals surface area contributed by atoms with Crippen LogP contribution in [0.3, 0.4) is 0 Å². The van der Waals surface area contributed by atoms with Gasteiger partial charge in [-0.05, 0) is 36.2 Å². The van der Waals surface area contributed by atoms with Gasteiger partial charge in [-0.2, -0.15) is 0 Å². The van der Waals surface area contributed by atoms with E-state index in [1.807, 2.05) is 13.8 Å². The zero-order valence-electron chi connectivity index (χ0n) is 9.69. The standard InChI is InChI=1S/C13H17NOS/c1-13(2,14)9-15-7-10-8-16-12-6-4-3-5-11(10)12/h3-6,8H,7,9,14H2,1-2H3. The molecule has 0 aliphatic rings. The van der Waals surface area contributed by atoms with Gasteiger partial charge in [0, 0.05) is 10.2 Å². The minimum absolute atomic E-state index is 0.258. The molecule has 0 bridgehead atoms. The molecule has 0 aliphatic carbocycles. The average molecular weight is 235 g/mol. The van der Waals surface area contributed by atoms with Crippen LogP contribution in [0.1, 0.15) is 19.4 Å². The molecule has 2 N–H and O–H groups in total. The minimum atomic E-state index is -0.258. The lowest BCUT2D eigenvalue weighted by molar-refractivity contribution is 0.0859. The molecule has 1 aromatic heterocycles. The molecule has 3 heteroatoms. The van der Waals surface area contributed by atoms with E-state index in [0.717, 1.165) is 0 Å². The van der Waals surface area contributed by atoms with E-state index in [4.69, 9.17) is 10.5 Å². The Kier molecular flexibility index (Phi) is 3.28. The smallest absolute Gasteiger partial charge is 0.0731 e. The van der Waals surface area contributed by atoms with Gasteiger partial charge in [0.25, 0.3) is 0 Å². The number of nitrogens with two attached hydrogens (primary N) is 1. The van der Waals surface area contributed by atoms with E-state index in [9.17, 15) is 0 Å². The lowest BCUT2D eigenvalue weighted by Crippen LogP contribution is -2.37. The summed E-state index contributed by atoms with van der Waals surface area (Å²) in [7, 11) is 0. The molecule has 0 radical (unpaired) electrons. The molecule has 0 spiro atoms. The van der Waals surface area contributed by atoms with Crippen LogP contribution in [-0.2, 0) is 11.3 Å². The molecule has 2 rings (SSSR count). The van der Waals surface area contributed by atoms with Crippen molar-refractivity contribution < 1.29 is 4.74 Å². The first-order valence-electron chi connectivity index (χ1n) is 5.38. The molecule has 1 aromatic carbocycles. The normalized spacial score (nSPS) is 12.2. The third-order valence-electron chi connectivity index (χ3n) is 2.29. The van der Waals surface area contributed by atoms with Gasteiger partial charge in [-0.25, -0.2) is 0 Å². The fourth-order valence-electron chi connectivity index (χ4n) is 1.57. The van der Waals surface area contributed by atoms with Gasteiger partial charge in [0.05, 0.1) is 13.2 Å². The molecule has 0 aliphatic heterocycles. The van der Waals surface area contributed by atoms with Crippen molar-refractivity contribution in [2.24, 2.45) is 5.73 Å². The zero-order chi connectivity index (χ0) is 11.6. The molecule has 0 unspecified atom stereocenters. The predicted molar refractivity (Wildman–Crippen MR) is 69.7 cm³/mol. The van der Waals surface area contributed by atoms with Crippen molar-refractivity contribution in [1.82, 2.24) is 0 Å². The maximum atomic E-state index is 5.87. The monoisotopic (exact) mass is 235 g/mol. The lowest BCUT2D eigenvalue weighted by Gasteiger charge is -2.17. The summed E-state index contributed by atoms with van der Waals surface area (Å²) in [5.74, 6) is 0. The quantitative estimate of drug-likeness (QED) is 0.883. The van der Waals surface area contributed by atoms with Crippen molar-refractivity contribution in [3.8, 4) is 0 Å². The van der Waals surface area contributed by atoms with E-state index in [1.54, 1.807) is 11.3 Å². The summed E-state index contributed by atoms with van der Waals surface area (Å²) in [5.41, 5.74) is 6.86. The van der Waals surface area contributed by atoms with Crippen molar-refractivity contribution in [3.63, 3.8) is 0 Å². The second-order valence-corrected chi connectivity index (χ2v) is 5.65. The number of fused-ring (bicyclic) bond motifs is 1. The van der Waals surface area contributed by atoms with E-state index in [-0.39, 0.29) is 5.54 Å². The van der Waals surface area contributed by atoms with E-state index < -0.39 is 0 Å². The van der Waals surface area contributed by atoms with E-state index in [1.165, 1.54) is 15.6 Å². The van der Waals surface area contributed by atoms with Gasteiger partial charge >= 0.3 is 0 Å². The predicted octanol–water partition coefficient (Wildman–Crippen LogP) is 3.16. The van der Waals surface area contributed by atoms with E-state index in [2.05, 4.69) is 29.6 Å². The molecule has 0 amide bonds. The van der Waals surface area contributed by atoms with E-state index in [0.29, 0.717) is 13.2 Å². The first-order valence-corrected chi connectivity index (χ1v) is 6.26. The number of ether oxygens (including phenoxy) is 1. The Labute approximate surface area is 100 Å². The largest absolute Gasteiger partial charge is 0.375 e. The fraction of sp³-hybridized carbons (Fsp3) is 0.385. The topological polar surface area (TPSA) is 35.2 Å². The molecular weight excluding hydrogens is 218 g/mol. The van der Waals surface area contributed by atoms with Crippen LogP contribution >= 0.6 is 11.3 Å². The summed E-state index contributed by atoms with van der Waals surface area (Å²) in [6.45, 7) is 5.17. The number of rotatable bonds is 4. The summed E-state index contributed by atoms with van der Waals surface area (Å²) in [4.78, 5) is 0. The van der Waals surface area contributed by atoms with Crippen molar-refractivity contribution in [1.29, 1.82) is 0 Å². The van der Waals surface area contributed by atoms with Crippen LogP contribution in [0, 0.1) is 0 Å². The SMILES string of the molecule is CC(C)(N)COCc1csc2ccccc12. The van der Waals surface area contributed by atoms with Crippen LogP contribution in [0.15, 0.2) is 29.6 Å². The molecule has 0 saturated heterocycles. The summed E-state index contributed by atoms with van der Waals surface area (Å²) >= 11 is 1.76. The van der Waals surface area contributed by atoms with Crippen LogP contribution in [0.5, 0.6) is 0 Å². The highest BCUT2D eigenvalue weighted by atomic mass is 32.1. The first kappa shape index (κ1) is 11.6. The lowest BCUT2D eigenvalue weighted by atomic mass is 10.1. The average Bonchev–Trinajstić information content (AvgIpc) is 2.60. The number of hydrogen-bond acceptors (Lipinski definition) is 3. The number of hydrogen-bond donors (Lipinski definition) is 1. The second-order valence-electron chi connectivity index (χ2n) is 4.74. The summed E-state index contributed by atoms with van der Waals surface area (Å²) in [6.07, 6.45) is 0. The van der Waals surface area contributed by atoms with Gasteiger partial charge in [0.1, 0.15) is 0 Å². The fourth-order valence-corrected chi connectivity index (χ4v) is 2.52. The second kappa shape index (κ2) is 4.53. The molecule has 0 fully saturated rings. The molecule has 16 heavy (non-hydrogen) atoms. The minimum Gasteiger partial charge on any atom is -0.375 e. The van der Waals surface area contributed by atoms with Crippen LogP contribution < -0.4 is 5.73 Å². The van der Waals surface area contributed by atoms with Gasteiger partial charge in [-0.15, -0.1) is 11.3 Å². The molecule has 2 nitrogen and oxygen atoms in total. The number of benzene rings is 1. The Balaban J connectivity index is 2.05. The van der Waals surface area contributed by atoms with Gasteiger partial charge in [-0.3, -0.25) is 0 Å². The van der Waals surface area contributed by atoms with Gasteiger partial charge in [0.2, 0.25) is 0 Å². The highest BCUT2D eigenvalue weighted by molar-refractivity contribution is 7.17. The number of thiophene rings is 1.